The SMILES string of the molecule is COc1cc(-c2nc3ccc(N)cc3[nH]2)cc([N+](=O)[O-])c1O. The summed E-state index contributed by atoms with van der Waals surface area (Å²) in [6, 6.07) is 7.89. The van der Waals surface area contributed by atoms with E-state index in [0.29, 0.717) is 28.1 Å². The van der Waals surface area contributed by atoms with Gasteiger partial charge in [-0.1, -0.05) is 0 Å². The Hall–Kier alpha value is -3.29. The lowest BCUT2D eigenvalue weighted by Gasteiger charge is -2.06. The molecule has 0 atom stereocenters. The third-order valence-corrected chi connectivity index (χ3v) is 3.25. The van der Waals surface area contributed by atoms with Gasteiger partial charge in [-0.05, 0) is 24.3 Å². The highest BCUT2D eigenvalue weighted by atomic mass is 16.6. The number of benzene rings is 2. The van der Waals surface area contributed by atoms with Crippen LogP contribution in [-0.4, -0.2) is 27.1 Å². The molecule has 8 nitrogen and oxygen atoms in total. The maximum absolute atomic E-state index is 11.0. The molecule has 8 heteroatoms. The van der Waals surface area contributed by atoms with Gasteiger partial charge in [0.1, 0.15) is 5.82 Å². The van der Waals surface area contributed by atoms with Crippen LogP contribution in [0.3, 0.4) is 0 Å². The molecular weight excluding hydrogens is 288 g/mol. The number of imidazole rings is 1. The van der Waals surface area contributed by atoms with Crippen LogP contribution in [0.15, 0.2) is 30.3 Å². The van der Waals surface area contributed by atoms with E-state index in [-0.39, 0.29) is 5.75 Å². The minimum atomic E-state index is -0.679. The Morgan fingerprint density at radius 3 is 2.82 bits per heavy atom. The van der Waals surface area contributed by atoms with Gasteiger partial charge >= 0.3 is 5.69 Å². The van der Waals surface area contributed by atoms with Gasteiger partial charge in [-0.3, -0.25) is 10.1 Å². The number of methoxy groups -OCH3 is 1. The summed E-state index contributed by atoms with van der Waals surface area (Å²) in [5.74, 6) is -0.0947. The van der Waals surface area contributed by atoms with Crippen LogP contribution in [0.2, 0.25) is 0 Å². The molecule has 0 spiro atoms. The van der Waals surface area contributed by atoms with Gasteiger partial charge in [0.05, 0.1) is 23.1 Å². The molecule has 4 N–H and O–H groups in total. The number of nitrogens with one attached hydrogen (secondary N) is 1. The Kier molecular flexibility index (Phi) is 3.06. The van der Waals surface area contributed by atoms with Crippen molar-refractivity contribution in [1.29, 1.82) is 0 Å². The predicted octanol–water partition coefficient (Wildman–Crippen LogP) is 2.43. The minimum Gasteiger partial charge on any atom is -0.500 e. The van der Waals surface area contributed by atoms with E-state index in [1.165, 1.54) is 19.2 Å². The summed E-state index contributed by atoms with van der Waals surface area (Å²) in [6.45, 7) is 0. The van der Waals surface area contributed by atoms with Crippen molar-refractivity contribution in [2.24, 2.45) is 0 Å². The number of ether oxygens (including phenoxy) is 1. The van der Waals surface area contributed by atoms with Gasteiger partial charge in [0.15, 0.2) is 5.75 Å². The number of nitro groups is 1. The zero-order chi connectivity index (χ0) is 15.9. The summed E-state index contributed by atoms with van der Waals surface area (Å²) < 4.78 is 4.98. The van der Waals surface area contributed by atoms with Crippen molar-refractivity contribution < 1.29 is 14.8 Å². The molecular formula is C14H12N4O4. The molecule has 1 heterocycles. The number of nitrogen functional groups attached to an aromatic ring is 1. The van der Waals surface area contributed by atoms with Crippen molar-refractivity contribution >= 4 is 22.4 Å². The van der Waals surface area contributed by atoms with Crippen molar-refractivity contribution in [3.63, 3.8) is 0 Å². The number of aromatic amines is 1. The second-order valence-corrected chi connectivity index (χ2v) is 4.67. The first-order chi connectivity index (χ1) is 10.5. The Labute approximate surface area is 124 Å². The standard InChI is InChI=1S/C14H12N4O4/c1-22-12-5-7(4-11(13(12)19)18(20)21)14-16-9-3-2-8(15)6-10(9)17-14/h2-6,19H,15H2,1H3,(H,16,17). The smallest absolute Gasteiger partial charge is 0.315 e. The third-order valence-electron chi connectivity index (χ3n) is 3.25. The molecule has 3 aromatic rings. The number of fused-ring (bicyclic) bond motifs is 1. The molecule has 0 aliphatic heterocycles. The summed E-state index contributed by atoms with van der Waals surface area (Å²) in [6.07, 6.45) is 0. The zero-order valence-corrected chi connectivity index (χ0v) is 11.5. The summed E-state index contributed by atoms with van der Waals surface area (Å²) in [7, 11) is 1.32. The van der Waals surface area contributed by atoms with Crippen LogP contribution >= 0.6 is 0 Å². The van der Waals surface area contributed by atoms with Crippen LogP contribution in [-0.2, 0) is 0 Å². The molecule has 22 heavy (non-hydrogen) atoms. The third kappa shape index (κ3) is 2.16. The van der Waals surface area contributed by atoms with E-state index in [1.807, 2.05) is 0 Å². The van der Waals surface area contributed by atoms with Crippen LogP contribution in [0, 0.1) is 10.1 Å². The quantitative estimate of drug-likeness (QED) is 0.387. The van der Waals surface area contributed by atoms with E-state index < -0.39 is 16.4 Å². The number of rotatable bonds is 3. The van der Waals surface area contributed by atoms with Crippen LogP contribution < -0.4 is 10.5 Å². The van der Waals surface area contributed by atoms with Crippen LogP contribution in [0.25, 0.3) is 22.4 Å². The van der Waals surface area contributed by atoms with E-state index in [2.05, 4.69) is 9.97 Å². The number of hydrogen-bond donors (Lipinski definition) is 3. The largest absolute Gasteiger partial charge is 0.500 e. The number of nitrogens with zero attached hydrogens (tertiary/aromatic N) is 2. The Bertz CT molecular complexity index is 888. The fourth-order valence-electron chi connectivity index (χ4n) is 2.19. The average Bonchev–Trinajstić information content (AvgIpc) is 2.90. The first kappa shape index (κ1) is 13.7. The number of aromatic hydroxyl groups is 1. The Balaban J connectivity index is 2.21. The number of phenolic OH excluding ortho intramolecular Hbond substituents is 1. The second kappa shape index (κ2) is 4.92. The molecule has 0 aliphatic rings. The van der Waals surface area contributed by atoms with Gasteiger partial charge in [0.25, 0.3) is 0 Å². The highest BCUT2D eigenvalue weighted by Crippen LogP contribution is 2.39. The molecule has 0 saturated heterocycles. The summed E-state index contributed by atoms with van der Waals surface area (Å²) in [5, 5.41) is 20.8. The van der Waals surface area contributed by atoms with E-state index in [4.69, 9.17) is 10.5 Å². The van der Waals surface area contributed by atoms with Crippen LogP contribution in [0.4, 0.5) is 11.4 Å². The number of nitro benzene ring substituents is 1. The Morgan fingerprint density at radius 1 is 1.36 bits per heavy atom. The molecule has 0 saturated carbocycles. The first-order valence-electron chi connectivity index (χ1n) is 6.30. The highest BCUT2D eigenvalue weighted by Gasteiger charge is 2.21. The van der Waals surface area contributed by atoms with Gasteiger partial charge in [0, 0.05) is 17.3 Å². The van der Waals surface area contributed by atoms with E-state index in [0.717, 1.165) is 0 Å². The molecule has 112 valence electrons. The van der Waals surface area contributed by atoms with Crippen molar-refractivity contribution in [3.8, 4) is 22.9 Å². The summed E-state index contributed by atoms with van der Waals surface area (Å²) in [4.78, 5) is 17.8. The van der Waals surface area contributed by atoms with Gasteiger partial charge in [-0.25, -0.2) is 4.98 Å². The molecule has 0 fully saturated rings. The van der Waals surface area contributed by atoms with E-state index in [1.54, 1.807) is 18.2 Å². The lowest BCUT2D eigenvalue weighted by Crippen LogP contribution is -1.94. The molecule has 2 aromatic carbocycles. The number of nitrogens with two attached hydrogens (primary N) is 1. The van der Waals surface area contributed by atoms with E-state index >= 15 is 0 Å². The number of anilines is 1. The van der Waals surface area contributed by atoms with Crippen LogP contribution in [0.5, 0.6) is 11.5 Å². The fourth-order valence-corrected chi connectivity index (χ4v) is 2.19. The lowest BCUT2D eigenvalue weighted by molar-refractivity contribution is -0.385. The molecule has 0 amide bonds. The first-order valence-corrected chi connectivity index (χ1v) is 6.30. The van der Waals surface area contributed by atoms with Gasteiger partial charge in [-0.2, -0.15) is 0 Å². The highest BCUT2D eigenvalue weighted by molar-refractivity contribution is 5.83. The number of hydrogen-bond acceptors (Lipinski definition) is 6. The maximum Gasteiger partial charge on any atom is 0.315 e. The molecule has 0 unspecified atom stereocenters. The Morgan fingerprint density at radius 2 is 2.14 bits per heavy atom. The van der Waals surface area contributed by atoms with Gasteiger partial charge in [-0.15, -0.1) is 0 Å². The predicted molar refractivity (Wildman–Crippen MR) is 80.8 cm³/mol. The monoisotopic (exact) mass is 300 g/mol. The molecule has 0 bridgehead atoms. The second-order valence-electron chi connectivity index (χ2n) is 4.67. The summed E-state index contributed by atoms with van der Waals surface area (Å²) in [5.41, 5.74) is 7.66. The van der Waals surface area contributed by atoms with Crippen molar-refractivity contribution in [2.45, 2.75) is 0 Å². The molecule has 1 aromatic heterocycles. The number of phenols is 1. The van der Waals surface area contributed by atoms with Crippen molar-refractivity contribution in [3.05, 3.63) is 40.4 Å². The number of H-pyrrole nitrogens is 1. The number of aromatic nitrogens is 2. The van der Waals surface area contributed by atoms with Gasteiger partial charge < -0.3 is 20.6 Å². The molecule has 0 aliphatic carbocycles. The summed E-state index contributed by atoms with van der Waals surface area (Å²) >= 11 is 0. The molecule has 0 radical (unpaired) electrons. The minimum absolute atomic E-state index is 0.00386. The van der Waals surface area contributed by atoms with Crippen molar-refractivity contribution in [1.82, 2.24) is 9.97 Å². The van der Waals surface area contributed by atoms with Crippen molar-refractivity contribution in [2.75, 3.05) is 12.8 Å². The normalized spacial score (nSPS) is 10.8. The zero-order valence-electron chi connectivity index (χ0n) is 11.5. The average molecular weight is 300 g/mol. The van der Waals surface area contributed by atoms with Crippen LogP contribution in [0.1, 0.15) is 0 Å². The topological polar surface area (TPSA) is 127 Å². The lowest BCUT2D eigenvalue weighted by atomic mass is 10.1. The maximum atomic E-state index is 11.0. The fraction of sp³-hybridized carbons (Fsp3) is 0.0714. The molecule has 3 rings (SSSR count). The van der Waals surface area contributed by atoms with Gasteiger partial charge in [0.2, 0.25) is 5.75 Å². The van der Waals surface area contributed by atoms with E-state index in [9.17, 15) is 15.2 Å².